The molecule has 0 unspecified atom stereocenters. The fourth-order valence-electron chi connectivity index (χ4n) is 2.17. The Balaban J connectivity index is 2.20. The van der Waals surface area contributed by atoms with Crippen LogP contribution < -0.4 is 0 Å². The molecule has 1 aromatic rings. The Hall–Kier alpha value is -2.41. The average Bonchev–Trinajstić information content (AvgIpc) is 2.54. The van der Waals surface area contributed by atoms with Crippen molar-refractivity contribution in [2.45, 2.75) is 31.6 Å². The number of alkyl halides is 1. The molecule has 0 aliphatic carbocycles. The number of hydrogen-bond acceptors (Lipinski definition) is 6. The lowest BCUT2D eigenvalue weighted by Gasteiger charge is -2.38. The second-order valence-corrected chi connectivity index (χ2v) is 4.90. The predicted octanol–water partition coefficient (Wildman–Crippen LogP) is 2.00. The zero-order valence-electron chi connectivity index (χ0n) is 12.7. The van der Waals surface area contributed by atoms with Crippen LogP contribution in [-0.4, -0.2) is 43.7 Å². The Kier molecular flexibility index (Phi) is 5.33. The van der Waals surface area contributed by atoms with Crippen LogP contribution in [0.15, 0.2) is 42.7 Å². The normalized spacial score (nSPS) is 27.0. The smallest absolute Gasteiger partial charge is 0.338 e. The van der Waals surface area contributed by atoms with Gasteiger partial charge in [0.05, 0.1) is 5.56 Å². The number of ether oxygens (including phenoxy) is 4. The fraction of sp³-hybridized carbons (Fsp3) is 0.375. The molecule has 0 bridgehead atoms. The highest BCUT2D eigenvalue weighted by Crippen LogP contribution is 2.30. The van der Waals surface area contributed by atoms with Crippen molar-refractivity contribution in [3.63, 3.8) is 0 Å². The maximum atomic E-state index is 14.4. The summed E-state index contributed by atoms with van der Waals surface area (Å²) in [7, 11) is 1.24. The van der Waals surface area contributed by atoms with Gasteiger partial charge in [-0.25, -0.2) is 9.18 Å². The summed E-state index contributed by atoms with van der Waals surface area (Å²) in [5.74, 6) is -1.48. The lowest BCUT2D eigenvalue weighted by molar-refractivity contribution is -0.224. The van der Waals surface area contributed by atoms with E-state index < -0.39 is 36.6 Å². The minimum atomic E-state index is -1.83. The van der Waals surface area contributed by atoms with Gasteiger partial charge >= 0.3 is 11.9 Å². The quantitative estimate of drug-likeness (QED) is 0.789. The predicted molar refractivity (Wildman–Crippen MR) is 77.1 cm³/mol. The first-order valence-electron chi connectivity index (χ1n) is 6.89. The van der Waals surface area contributed by atoms with Crippen LogP contribution in [0.1, 0.15) is 17.3 Å². The molecule has 1 fully saturated rings. The van der Waals surface area contributed by atoms with E-state index >= 15 is 0 Å². The lowest BCUT2D eigenvalue weighted by Crippen LogP contribution is -2.53. The van der Waals surface area contributed by atoms with Crippen molar-refractivity contribution in [3.8, 4) is 0 Å². The summed E-state index contributed by atoms with van der Waals surface area (Å²) in [6.07, 6.45) is -5.79. The Bertz CT molecular complexity index is 587. The van der Waals surface area contributed by atoms with Crippen LogP contribution >= 0.6 is 0 Å². The van der Waals surface area contributed by atoms with Crippen molar-refractivity contribution in [1.29, 1.82) is 0 Å². The summed E-state index contributed by atoms with van der Waals surface area (Å²) in [5.41, 5.74) is 0.270. The minimum absolute atomic E-state index is 0.0544. The molecule has 23 heavy (non-hydrogen) atoms. The summed E-state index contributed by atoms with van der Waals surface area (Å²) in [4.78, 5) is 23.4. The van der Waals surface area contributed by atoms with Gasteiger partial charge in [-0.3, -0.25) is 4.79 Å². The Morgan fingerprint density at radius 2 is 1.87 bits per heavy atom. The van der Waals surface area contributed by atoms with Crippen molar-refractivity contribution in [2.24, 2.45) is 0 Å². The highest BCUT2D eigenvalue weighted by molar-refractivity contribution is 5.89. The van der Waals surface area contributed by atoms with E-state index in [2.05, 4.69) is 6.58 Å². The molecule has 0 aromatic heterocycles. The van der Waals surface area contributed by atoms with Gasteiger partial charge in [0, 0.05) is 14.0 Å². The SMILES string of the molecule is C=C1O[C@H](OC)[C@H](F)[C@H](OC(C)=O)[C@@H]1OC(=O)c1ccccc1. The van der Waals surface area contributed by atoms with Gasteiger partial charge in [0.2, 0.25) is 12.5 Å². The maximum absolute atomic E-state index is 14.4. The van der Waals surface area contributed by atoms with Gasteiger partial charge in [-0.1, -0.05) is 24.8 Å². The average molecular weight is 324 g/mol. The molecule has 1 saturated heterocycles. The number of halogens is 1. The zero-order chi connectivity index (χ0) is 17.0. The van der Waals surface area contributed by atoms with Crippen LogP contribution in [-0.2, 0) is 23.7 Å². The van der Waals surface area contributed by atoms with Crippen molar-refractivity contribution in [3.05, 3.63) is 48.2 Å². The number of esters is 2. The summed E-state index contributed by atoms with van der Waals surface area (Å²) < 4.78 is 34.5. The van der Waals surface area contributed by atoms with Crippen molar-refractivity contribution < 1.29 is 32.9 Å². The van der Waals surface area contributed by atoms with E-state index in [1.54, 1.807) is 30.3 Å². The molecule has 1 aromatic carbocycles. The van der Waals surface area contributed by atoms with Crippen molar-refractivity contribution in [1.82, 2.24) is 0 Å². The monoisotopic (exact) mass is 324 g/mol. The second-order valence-electron chi connectivity index (χ2n) is 4.90. The van der Waals surface area contributed by atoms with Crippen LogP contribution in [0, 0.1) is 0 Å². The van der Waals surface area contributed by atoms with Gasteiger partial charge in [-0.05, 0) is 12.1 Å². The molecule has 124 valence electrons. The summed E-state index contributed by atoms with van der Waals surface area (Å²) >= 11 is 0. The third kappa shape index (κ3) is 3.87. The van der Waals surface area contributed by atoms with Crippen molar-refractivity contribution in [2.75, 3.05) is 7.11 Å². The van der Waals surface area contributed by atoms with E-state index in [0.717, 1.165) is 6.92 Å². The summed E-state index contributed by atoms with van der Waals surface area (Å²) in [5, 5.41) is 0. The highest BCUT2D eigenvalue weighted by Gasteiger charge is 2.48. The molecule has 1 heterocycles. The van der Waals surface area contributed by atoms with Crippen LogP contribution in [0.25, 0.3) is 0 Å². The maximum Gasteiger partial charge on any atom is 0.338 e. The van der Waals surface area contributed by atoms with E-state index in [-0.39, 0.29) is 11.3 Å². The topological polar surface area (TPSA) is 71.1 Å². The second kappa shape index (κ2) is 7.23. The number of rotatable bonds is 4. The number of hydrogen-bond donors (Lipinski definition) is 0. The van der Waals surface area contributed by atoms with Gasteiger partial charge in [-0.2, -0.15) is 0 Å². The van der Waals surface area contributed by atoms with E-state index in [1.165, 1.54) is 7.11 Å². The van der Waals surface area contributed by atoms with Gasteiger partial charge in [-0.15, -0.1) is 0 Å². The first-order chi connectivity index (χ1) is 10.9. The van der Waals surface area contributed by atoms with Gasteiger partial charge in [0.15, 0.2) is 12.2 Å². The van der Waals surface area contributed by atoms with E-state index in [1.807, 2.05) is 0 Å². The molecule has 0 saturated carbocycles. The van der Waals surface area contributed by atoms with Crippen LogP contribution in [0.3, 0.4) is 0 Å². The van der Waals surface area contributed by atoms with Gasteiger partial charge in [0.1, 0.15) is 5.76 Å². The van der Waals surface area contributed by atoms with E-state index in [4.69, 9.17) is 18.9 Å². The molecule has 4 atom stereocenters. The number of benzene rings is 1. The molecular formula is C16H17FO6. The molecule has 7 heteroatoms. The molecule has 1 aliphatic rings. The van der Waals surface area contributed by atoms with Crippen molar-refractivity contribution >= 4 is 11.9 Å². The fourth-order valence-corrected chi connectivity index (χ4v) is 2.17. The Morgan fingerprint density at radius 1 is 1.22 bits per heavy atom. The van der Waals surface area contributed by atoms with E-state index in [0.29, 0.717) is 0 Å². The highest BCUT2D eigenvalue weighted by atomic mass is 19.1. The third-order valence-corrected chi connectivity index (χ3v) is 3.23. The minimum Gasteiger partial charge on any atom is -0.462 e. The Morgan fingerprint density at radius 3 is 2.43 bits per heavy atom. The summed E-state index contributed by atoms with van der Waals surface area (Å²) in [6, 6.07) is 8.14. The number of carbonyl (C=O) groups excluding carboxylic acids is 2. The molecule has 0 amide bonds. The molecule has 1 aliphatic heterocycles. The number of methoxy groups -OCH3 is 1. The van der Waals surface area contributed by atoms with Crippen LogP contribution in [0.5, 0.6) is 0 Å². The van der Waals surface area contributed by atoms with E-state index in [9.17, 15) is 14.0 Å². The Labute approximate surface area is 132 Å². The standard InChI is InChI=1S/C16H17FO6/c1-9-13(23-15(19)11-7-5-4-6-8-11)14(22-10(2)18)12(17)16(20-3)21-9/h4-8,12-14,16H,1H2,2-3H3/t12-,13-,14+,16+/m1/s1. The largest absolute Gasteiger partial charge is 0.462 e. The molecule has 6 nitrogen and oxygen atoms in total. The molecule has 2 rings (SSSR count). The molecular weight excluding hydrogens is 307 g/mol. The van der Waals surface area contributed by atoms with Gasteiger partial charge < -0.3 is 18.9 Å². The zero-order valence-corrected chi connectivity index (χ0v) is 12.7. The first-order valence-corrected chi connectivity index (χ1v) is 6.89. The first kappa shape index (κ1) is 17.0. The number of carbonyl (C=O) groups is 2. The van der Waals surface area contributed by atoms with Crippen LogP contribution in [0.4, 0.5) is 4.39 Å². The third-order valence-electron chi connectivity index (χ3n) is 3.23. The summed E-state index contributed by atoms with van der Waals surface area (Å²) in [6.45, 7) is 4.72. The molecule has 0 spiro atoms. The lowest BCUT2D eigenvalue weighted by atomic mass is 10.0. The van der Waals surface area contributed by atoms with Gasteiger partial charge in [0.25, 0.3) is 0 Å². The van der Waals surface area contributed by atoms with Crippen LogP contribution in [0.2, 0.25) is 0 Å². The molecule has 0 radical (unpaired) electrons. The molecule has 0 N–H and O–H groups in total.